The Kier molecular flexibility index (Phi) is 4.91. The van der Waals surface area contributed by atoms with Crippen LogP contribution in [0.25, 0.3) is 0 Å². The Labute approximate surface area is 105 Å². The van der Waals surface area contributed by atoms with Crippen molar-refractivity contribution in [3.8, 4) is 0 Å². The molecule has 1 aromatic carbocycles. The minimum absolute atomic E-state index is 0.0663. The first kappa shape index (κ1) is 13.8. The van der Waals surface area contributed by atoms with Crippen molar-refractivity contribution in [1.29, 1.82) is 0 Å². The van der Waals surface area contributed by atoms with Crippen LogP contribution in [0.3, 0.4) is 0 Å². The summed E-state index contributed by atoms with van der Waals surface area (Å²) < 4.78 is 0. The van der Waals surface area contributed by atoms with Gasteiger partial charge in [-0.2, -0.15) is 0 Å². The molecule has 0 saturated heterocycles. The number of carbonyl (C=O) groups is 1. The van der Waals surface area contributed by atoms with E-state index in [0.29, 0.717) is 30.9 Å². The number of anilines is 2. The van der Waals surface area contributed by atoms with E-state index in [0.717, 1.165) is 0 Å². The molecule has 0 fully saturated rings. The highest BCUT2D eigenvalue weighted by Gasteiger charge is 2.08. The molecular weight excluding hydrogens is 236 g/mol. The van der Waals surface area contributed by atoms with Gasteiger partial charge in [-0.3, -0.25) is 14.9 Å². The van der Waals surface area contributed by atoms with Gasteiger partial charge in [0.1, 0.15) is 0 Å². The van der Waals surface area contributed by atoms with Crippen LogP contribution in [0.2, 0.25) is 0 Å². The van der Waals surface area contributed by atoms with Gasteiger partial charge in [-0.15, -0.1) is 0 Å². The van der Waals surface area contributed by atoms with E-state index in [1.807, 2.05) is 6.92 Å². The van der Waals surface area contributed by atoms with E-state index in [1.165, 1.54) is 12.1 Å². The standard InChI is InChI=1S/C11H16N4O3/c1-2-13-11(16)3-4-14-9-5-8(12)6-10(7-9)15(17)18/h5-7,14H,2-4,12H2,1H3,(H,13,16). The van der Waals surface area contributed by atoms with Gasteiger partial charge in [0.25, 0.3) is 5.69 Å². The van der Waals surface area contributed by atoms with E-state index in [-0.39, 0.29) is 11.6 Å². The lowest BCUT2D eigenvalue weighted by atomic mass is 10.2. The Morgan fingerprint density at radius 3 is 2.78 bits per heavy atom. The molecule has 0 bridgehead atoms. The average molecular weight is 252 g/mol. The third-order valence-corrected chi connectivity index (χ3v) is 2.21. The first-order valence-electron chi connectivity index (χ1n) is 5.58. The topological polar surface area (TPSA) is 110 Å². The molecule has 1 aromatic rings. The zero-order chi connectivity index (χ0) is 13.5. The van der Waals surface area contributed by atoms with Crippen LogP contribution < -0.4 is 16.4 Å². The predicted octanol–water partition coefficient (Wildman–Crippen LogP) is 1.12. The molecule has 0 radical (unpaired) electrons. The molecule has 0 saturated carbocycles. The van der Waals surface area contributed by atoms with E-state index < -0.39 is 4.92 Å². The Morgan fingerprint density at radius 2 is 2.17 bits per heavy atom. The summed E-state index contributed by atoms with van der Waals surface area (Å²) in [7, 11) is 0. The van der Waals surface area contributed by atoms with Crippen LogP contribution in [0.15, 0.2) is 18.2 Å². The Morgan fingerprint density at radius 1 is 1.44 bits per heavy atom. The van der Waals surface area contributed by atoms with Gasteiger partial charge in [0.2, 0.25) is 5.91 Å². The fourth-order valence-corrected chi connectivity index (χ4v) is 1.45. The van der Waals surface area contributed by atoms with Gasteiger partial charge in [-0.25, -0.2) is 0 Å². The average Bonchev–Trinajstić information content (AvgIpc) is 2.28. The Hall–Kier alpha value is -2.31. The fourth-order valence-electron chi connectivity index (χ4n) is 1.45. The number of nitrogens with zero attached hydrogens (tertiary/aromatic N) is 1. The molecule has 1 amide bonds. The molecule has 0 aromatic heterocycles. The van der Waals surface area contributed by atoms with Gasteiger partial charge in [0.15, 0.2) is 0 Å². The molecule has 0 atom stereocenters. The normalized spacial score (nSPS) is 9.83. The van der Waals surface area contributed by atoms with Crippen molar-refractivity contribution < 1.29 is 9.72 Å². The highest BCUT2D eigenvalue weighted by molar-refractivity contribution is 5.76. The van der Waals surface area contributed by atoms with Gasteiger partial charge in [-0.05, 0) is 13.0 Å². The van der Waals surface area contributed by atoms with E-state index in [2.05, 4.69) is 10.6 Å². The van der Waals surface area contributed by atoms with Crippen molar-refractivity contribution in [1.82, 2.24) is 5.32 Å². The zero-order valence-corrected chi connectivity index (χ0v) is 10.1. The van der Waals surface area contributed by atoms with E-state index in [4.69, 9.17) is 5.73 Å². The quantitative estimate of drug-likeness (QED) is 0.399. The summed E-state index contributed by atoms with van der Waals surface area (Å²) in [6.07, 6.45) is 0.302. The summed E-state index contributed by atoms with van der Waals surface area (Å²) in [4.78, 5) is 21.3. The summed E-state index contributed by atoms with van der Waals surface area (Å²) >= 11 is 0. The minimum atomic E-state index is -0.509. The largest absolute Gasteiger partial charge is 0.398 e. The monoisotopic (exact) mass is 252 g/mol. The first-order valence-corrected chi connectivity index (χ1v) is 5.58. The number of hydrogen-bond donors (Lipinski definition) is 3. The maximum atomic E-state index is 11.2. The van der Waals surface area contributed by atoms with Gasteiger partial charge < -0.3 is 16.4 Å². The number of nitro groups is 1. The summed E-state index contributed by atoms with van der Waals surface area (Å²) in [5.41, 5.74) is 6.32. The number of nitrogens with one attached hydrogen (secondary N) is 2. The number of carbonyl (C=O) groups excluding carboxylic acids is 1. The maximum absolute atomic E-state index is 11.2. The van der Waals surface area contributed by atoms with Crippen LogP contribution in [-0.4, -0.2) is 23.9 Å². The minimum Gasteiger partial charge on any atom is -0.398 e. The molecule has 7 heteroatoms. The molecule has 0 unspecified atom stereocenters. The van der Waals surface area contributed by atoms with Crippen molar-refractivity contribution in [2.75, 3.05) is 24.1 Å². The Balaban J connectivity index is 2.57. The van der Waals surface area contributed by atoms with Crippen LogP contribution >= 0.6 is 0 Å². The zero-order valence-electron chi connectivity index (χ0n) is 10.1. The third kappa shape index (κ3) is 4.28. The van der Waals surface area contributed by atoms with Crippen LogP contribution in [0, 0.1) is 10.1 Å². The van der Waals surface area contributed by atoms with Crippen molar-refractivity contribution in [3.05, 3.63) is 28.3 Å². The lowest BCUT2D eigenvalue weighted by molar-refractivity contribution is -0.384. The van der Waals surface area contributed by atoms with Gasteiger partial charge in [-0.1, -0.05) is 0 Å². The van der Waals surface area contributed by atoms with Crippen LogP contribution in [0.4, 0.5) is 17.1 Å². The molecule has 4 N–H and O–H groups in total. The predicted molar refractivity (Wildman–Crippen MR) is 69.3 cm³/mol. The molecule has 0 aliphatic rings. The number of amides is 1. The van der Waals surface area contributed by atoms with Gasteiger partial charge in [0.05, 0.1) is 4.92 Å². The SMILES string of the molecule is CCNC(=O)CCNc1cc(N)cc([N+](=O)[O-])c1. The molecule has 18 heavy (non-hydrogen) atoms. The van der Waals surface area contributed by atoms with Crippen molar-refractivity contribution in [2.45, 2.75) is 13.3 Å². The molecule has 0 spiro atoms. The Bertz CT molecular complexity index is 448. The number of nitro benzene ring substituents is 1. The fraction of sp³-hybridized carbons (Fsp3) is 0.364. The second kappa shape index (κ2) is 6.43. The number of non-ortho nitro benzene ring substituents is 1. The molecule has 1 rings (SSSR count). The number of rotatable bonds is 6. The highest BCUT2D eigenvalue weighted by Crippen LogP contribution is 2.22. The molecule has 0 heterocycles. The third-order valence-electron chi connectivity index (χ3n) is 2.21. The number of nitrogen functional groups attached to an aromatic ring is 1. The lowest BCUT2D eigenvalue weighted by Gasteiger charge is -2.07. The summed E-state index contributed by atoms with van der Waals surface area (Å²) in [6.45, 7) is 2.82. The number of nitrogens with two attached hydrogens (primary N) is 1. The van der Waals surface area contributed by atoms with Crippen LogP contribution in [0.1, 0.15) is 13.3 Å². The summed E-state index contributed by atoms with van der Waals surface area (Å²) in [6, 6.07) is 4.26. The van der Waals surface area contributed by atoms with E-state index in [1.54, 1.807) is 6.07 Å². The maximum Gasteiger partial charge on any atom is 0.273 e. The molecule has 7 nitrogen and oxygen atoms in total. The molecule has 0 aliphatic carbocycles. The number of benzene rings is 1. The van der Waals surface area contributed by atoms with E-state index >= 15 is 0 Å². The number of hydrogen-bond acceptors (Lipinski definition) is 5. The smallest absolute Gasteiger partial charge is 0.273 e. The highest BCUT2D eigenvalue weighted by atomic mass is 16.6. The van der Waals surface area contributed by atoms with Crippen LogP contribution in [0.5, 0.6) is 0 Å². The molecule has 98 valence electrons. The summed E-state index contributed by atoms with van der Waals surface area (Å²) in [5.74, 6) is -0.0663. The summed E-state index contributed by atoms with van der Waals surface area (Å²) in [5, 5.41) is 16.2. The lowest BCUT2D eigenvalue weighted by Crippen LogP contribution is -2.24. The second-order valence-corrected chi connectivity index (χ2v) is 3.70. The van der Waals surface area contributed by atoms with Crippen molar-refractivity contribution in [2.24, 2.45) is 0 Å². The van der Waals surface area contributed by atoms with Crippen LogP contribution in [-0.2, 0) is 4.79 Å². The van der Waals surface area contributed by atoms with Crippen molar-refractivity contribution in [3.63, 3.8) is 0 Å². The van der Waals surface area contributed by atoms with E-state index in [9.17, 15) is 14.9 Å². The first-order chi connectivity index (χ1) is 8.52. The van der Waals surface area contributed by atoms with Crippen molar-refractivity contribution >= 4 is 23.0 Å². The second-order valence-electron chi connectivity index (χ2n) is 3.70. The van der Waals surface area contributed by atoms with Gasteiger partial charge in [0, 0.05) is 43.0 Å². The molecular formula is C11H16N4O3. The van der Waals surface area contributed by atoms with Gasteiger partial charge >= 0.3 is 0 Å². The molecule has 0 aliphatic heterocycles.